The summed E-state index contributed by atoms with van der Waals surface area (Å²) in [5.41, 5.74) is 5.48. The van der Waals surface area contributed by atoms with E-state index in [-0.39, 0.29) is 35.8 Å². The molecule has 0 atom stereocenters. The maximum Gasteiger partial charge on any atom is 0.335 e. The van der Waals surface area contributed by atoms with Crippen molar-refractivity contribution in [1.29, 1.82) is 0 Å². The monoisotopic (exact) mass is 316 g/mol. The predicted molar refractivity (Wildman–Crippen MR) is 78.6 cm³/mol. The summed E-state index contributed by atoms with van der Waals surface area (Å²) in [6.07, 6.45) is 1.47. The van der Waals surface area contributed by atoms with Gasteiger partial charge in [-0.25, -0.2) is 13.2 Å². The lowest BCUT2D eigenvalue weighted by Crippen LogP contribution is -2.34. The molecule has 0 fully saturated rings. The van der Waals surface area contributed by atoms with Crippen molar-refractivity contribution in [2.24, 2.45) is 0 Å². The molecule has 118 valence electrons. The molecule has 0 amide bonds. The van der Waals surface area contributed by atoms with E-state index in [4.69, 9.17) is 15.9 Å². The number of nitrogens with zero attached hydrogens (tertiary/aromatic N) is 1. The van der Waals surface area contributed by atoms with Gasteiger partial charge in [0.05, 0.1) is 17.9 Å². The van der Waals surface area contributed by atoms with Crippen LogP contribution in [0.4, 0.5) is 5.69 Å². The Hall–Kier alpha value is -1.64. The molecule has 0 aliphatic heterocycles. The second kappa shape index (κ2) is 7.39. The quantitative estimate of drug-likeness (QED) is 0.609. The van der Waals surface area contributed by atoms with Gasteiger partial charge in [0.25, 0.3) is 0 Å². The smallest absolute Gasteiger partial charge is 0.335 e. The number of carboxylic acid groups (broad SMARTS) is 1. The zero-order valence-electron chi connectivity index (χ0n) is 11.8. The first-order chi connectivity index (χ1) is 9.84. The van der Waals surface area contributed by atoms with Crippen LogP contribution in [0.1, 0.15) is 30.1 Å². The van der Waals surface area contributed by atoms with Gasteiger partial charge in [0.2, 0.25) is 10.0 Å². The second-order valence-electron chi connectivity index (χ2n) is 4.54. The third-order valence-electron chi connectivity index (χ3n) is 2.99. The van der Waals surface area contributed by atoms with Crippen molar-refractivity contribution in [3.63, 3.8) is 0 Å². The number of aliphatic hydroxyl groups excluding tert-OH is 1. The van der Waals surface area contributed by atoms with Crippen LogP contribution in [0.25, 0.3) is 0 Å². The summed E-state index contributed by atoms with van der Waals surface area (Å²) >= 11 is 0. The van der Waals surface area contributed by atoms with E-state index >= 15 is 0 Å². The molecule has 4 N–H and O–H groups in total. The fourth-order valence-electron chi connectivity index (χ4n) is 1.85. The molecule has 0 aliphatic carbocycles. The van der Waals surface area contributed by atoms with Gasteiger partial charge in [-0.05, 0) is 24.6 Å². The fourth-order valence-corrected chi connectivity index (χ4v) is 3.42. The van der Waals surface area contributed by atoms with Crippen molar-refractivity contribution in [1.82, 2.24) is 4.31 Å². The summed E-state index contributed by atoms with van der Waals surface area (Å²) < 4.78 is 26.2. The molecular weight excluding hydrogens is 296 g/mol. The molecule has 21 heavy (non-hydrogen) atoms. The van der Waals surface area contributed by atoms with Gasteiger partial charge in [0, 0.05) is 13.1 Å². The van der Waals surface area contributed by atoms with Crippen molar-refractivity contribution < 1.29 is 23.4 Å². The minimum atomic E-state index is -3.85. The van der Waals surface area contributed by atoms with Gasteiger partial charge in [-0.1, -0.05) is 13.3 Å². The van der Waals surface area contributed by atoms with E-state index in [1.54, 1.807) is 0 Å². The van der Waals surface area contributed by atoms with Crippen LogP contribution in [0.15, 0.2) is 23.1 Å². The van der Waals surface area contributed by atoms with Gasteiger partial charge in [-0.2, -0.15) is 4.31 Å². The highest BCUT2D eigenvalue weighted by atomic mass is 32.2. The number of sulfonamides is 1. The number of carboxylic acids is 1. The highest BCUT2D eigenvalue weighted by Gasteiger charge is 2.26. The highest BCUT2D eigenvalue weighted by Crippen LogP contribution is 2.24. The molecular formula is C13H20N2O5S. The van der Waals surface area contributed by atoms with E-state index in [0.717, 1.165) is 16.8 Å². The lowest BCUT2D eigenvalue weighted by Gasteiger charge is -2.22. The number of rotatable bonds is 8. The van der Waals surface area contributed by atoms with E-state index in [2.05, 4.69) is 0 Å². The number of hydrogen-bond acceptors (Lipinski definition) is 5. The summed E-state index contributed by atoms with van der Waals surface area (Å²) in [6.45, 7) is 1.89. The van der Waals surface area contributed by atoms with Gasteiger partial charge in [0.1, 0.15) is 4.90 Å². The first-order valence-electron chi connectivity index (χ1n) is 6.58. The normalized spacial score (nSPS) is 11.8. The average molecular weight is 316 g/mol. The Labute approximate surface area is 124 Å². The van der Waals surface area contributed by atoms with E-state index < -0.39 is 16.0 Å². The van der Waals surface area contributed by atoms with Gasteiger partial charge in [-0.15, -0.1) is 0 Å². The summed E-state index contributed by atoms with van der Waals surface area (Å²) in [5.74, 6) is -1.18. The lowest BCUT2D eigenvalue weighted by atomic mass is 10.2. The van der Waals surface area contributed by atoms with Crippen LogP contribution in [0.2, 0.25) is 0 Å². The van der Waals surface area contributed by atoms with E-state index in [1.165, 1.54) is 12.1 Å². The number of carbonyl (C=O) groups is 1. The maximum atomic E-state index is 12.5. The topological polar surface area (TPSA) is 121 Å². The summed E-state index contributed by atoms with van der Waals surface area (Å²) in [6, 6.07) is 3.50. The van der Waals surface area contributed by atoms with Crippen LogP contribution < -0.4 is 5.73 Å². The minimum Gasteiger partial charge on any atom is -0.478 e. The van der Waals surface area contributed by atoms with Crippen LogP contribution in [0, 0.1) is 0 Å². The average Bonchev–Trinajstić information content (AvgIpc) is 2.42. The Morgan fingerprint density at radius 1 is 1.33 bits per heavy atom. The number of nitrogens with two attached hydrogens (primary N) is 1. The van der Waals surface area contributed by atoms with Crippen LogP contribution in [0.5, 0.6) is 0 Å². The van der Waals surface area contributed by atoms with Gasteiger partial charge in [0.15, 0.2) is 0 Å². The lowest BCUT2D eigenvalue weighted by molar-refractivity contribution is 0.0697. The molecule has 8 heteroatoms. The number of hydrogen-bond donors (Lipinski definition) is 3. The Morgan fingerprint density at radius 2 is 2.00 bits per heavy atom. The molecule has 1 rings (SSSR count). The highest BCUT2D eigenvalue weighted by molar-refractivity contribution is 7.89. The first-order valence-corrected chi connectivity index (χ1v) is 8.02. The van der Waals surface area contributed by atoms with E-state index in [1.807, 2.05) is 6.92 Å². The molecule has 0 aromatic heterocycles. The predicted octanol–water partition coefficient (Wildman–Crippen LogP) is 0.750. The molecule has 0 unspecified atom stereocenters. The van der Waals surface area contributed by atoms with Crippen molar-refractivity contribution >= 4 is 21.7 Å². The van der Waals surface area contributed by atoms with Crippen LogP contribution in [-0.4, -0.2) is 48.6 Å². The molecule has 1 aromatic carbocycles. The molecule has 7 nitrogen and oxygen atoms in total. The Bertz CT molecular complexity index is 601. The maximum absolute atomic E-state index is 12.5. The molecule has 0 saturated carbocycles. The largest absolute Gasteiger partial charge is 0.478 e. The number of unbranched alkanes of at least 4 members (excludes halogenated alkanes) is 1. The Kier molecular flexibility index (Phi) is 6.13. The van der Waals surface area contributed by atoms with E-state index in [0.29, 0.717) is 6.42 Å². The molecule has 0 radical (unpaired) electrons. The van der Waals surface area contributed by atoms with Gasteiger partial charge in [-0.3, -0.25) is 0 Å². The number of benzene rings is 1. The first kappa shape index (κ1) is 17.4. The summed E-state index contributed by atoms with van der Waals surface area (Å²) in [7, 11) is -3.85. The SMILES string of the molecule is CCCCN(CCO)S(=O)(=O)c1ccc(C(=O)O)cc1N. The Balaban J connectivity index is 3.18. The third-order valence-corrected chi connectivity index (χ3v) is 4.96. The minimum absolute atomic E-state index is 0.0253. The molecule has 0 saturated heterocycles. The standard InChI is InChI=1S/C13H20N2O5S/c1-2-3-6-15(7-8-16)21(19,20)12-5-4-10(13(17)18)9-11(12)14/h4-5,9,16H,2-3,6-8,14H2,1H3,(H,17,18). The molecule has 0 bridgehead atoms. The molecule has 0 spiro atoms. The van der Waals surface area contributed by atoms with Crippen molar-refractivity contribution in [2.75, 3.05) is 25.4 Å². The summed E-state index contributed by atoms with van der Waals surface area (Å²) in [4.78, 5) is 10.7. The van der Waals surface area contributed by atoms with Crippen LogP contribution >= 0.6 is 0 Å². The molecule has 1 aromatic rings. The van der Waals surface area contributed by atoms with Gasteiger partial charge >= 0.3 is 5.97 Å². The Morgan fingerprint density at radius 3 is 2.48 bits per heavy atom. The number of aliphatic hydroxyl groups is 1. The zero-order chi connectivity index (χ0) is 16.0. The second-order valence-corrected chi connectivity index (χ2v) is 6.45. The number of aromatic carboxylic acids is 1. The van der Waals surface area contributed by atoms with Crippen molar-refractivity contribution in [2.45, 2.75) is 24.7 Å². The third kappa shape index (κ3) is 4.16. The molecule has 0 heterocycles. The summed E-state index contributed by atoms with van der Waals surface area (Å²) in [5, 5.41) is 17.9. The fraction of sp³-hybridized carbons (Fsp3) is 0.462. The van der Waals surface area contributed by atoms with Crippen molar-refractivity contribution in [3.8, 4) is 0 Å². The van der Waals surface area contributed by atoms with Crippen LogP contribution in [-0.2, 0) is 10.0 Å². The van der Waals surface area contributed by atoms with Crippen molar-refractivity contribution in [3.05, 3.63) is 23.8 Å². The number of anilines is 1. The van der Waals surface area contributed by atoms with Gasteiger partial charge < -0.3 is 15.9 Å². The number of nitrogen functional groups attached to an aromatic ring is 1. The van der Waals surface area contributed by atoms with Crippen LogP contribution in [0.3, 0.4) is 0 Å². The molecule has 0 aliphatic rings. The zero-order valence-corrected chi connectivity index (χ0v) is 12.6. The van der Waals surface area contributed by atoms with E-state index in [9.17, 15) is 13.2 Å².